The van der Waals surface area contributed by atoms with Gasteiger partial charge >= 0.3 is 0 Å². The number of pyridine rings is 2. The molecule has 11 heteroatoms. The van der Waals surface area contributed by atoms with E-state index in [1.807, 2.05) is 84.9 Å². The summed E-state index contributed by atoms with van der Waals surface area (Å²) in [4.78, 5) is 8.15. The van der Waals surface area contributed by atoms with E-state index in [0.29, 0.717) is 108 Å². The van der Waals surface area contributed by atoms with Crippen molar-refractivity contribution in [3.05, 3.63) is 138 Å². The van der Waals surface area contributed by atoms with Crippen molar-refractivity contribution in [1.29, 1.82) is 0 Å². The van der Waals surface area contributed by atoms with Gasteiger partial charge in [-0.1, -0.05) is 41.9 Å². The van der Waals surface area contributed by atoms with E-state index in [4.69, 9.17) is 42.6 Å². The van der Waals surface area contributed by atoms with Gasteiger partial charge in [0.1, 0.15) is 38.8 Å². The van der Waals surface area contributed by atoms with Gasteiger partial charge in [-0.3, -0.25) is 9.97 Å². The highest BCUT2D eigenvalue weighted by Gasteiger charge is 2.10. The van der Waals surface area contributed by atoms with Gasteiger partial charge in [-0.2, -0.15) is 0 Å². The predicted molar refractivity (Wildman–Crippen MR) is 209 cm³/mol. The normalized spacial score (nSPS) is 14.7. The molecule has 3 aromatic carbocycles. The molecule has 0 unspecified atom stereocenters. The van der Waals surface area contributed by atoms with E-state index in [1.165, 1.54) is 0 Å². The maximum absolute atomic E-state index is 6.31. The first-order valence-electron chi connectivity index (χ1n) is 18.4. The van der Waals surface area contributed by atoms with Crippen LogP contribution in [0, 0.1) is 23.7 Å². The zero-order valence-corrected chi connectivity index (χ0v) is 31.2. The van der Waals surface area contributed by atoms with E-state index in [0.717, 1.165) is 27.8 Å². The summed E-state index contributed by atoms with van der Waals surface area (Å²) in [7, 11) is 0. The molecule has 288 valence electrons. The molecule has 0 bridgehead atoms. The average Bonchev–Trinajstić information content (AvgIpc) is 3.24. The van der Waals surface area contributed by atoms with E-state index < -0.39 is 0 Å². The Labute approximate surface area is 327 Å². The lowest BCUT2D eigenvalue weighted by Crippen LogP contribution is -2.15. The van der Waals surface area contributed by atoms with Gasteiger partial charge in [0.05, 0.1) is 52.9 Å². The molecule has 0 atom stereocenters. The highest BCUT2D eigenvalue weighted by Crippen LogP contribution is 2.30. The van der Waals surface area contributed by atoms with Crippen LogP contribution in [-0.4, -0.2) is 89.3 Å². The fourth-order valence-electron chi connectivity index (χ4n) is 5.20. The molecule has 0 saturated carbocycles. The fourth-order valence-corrected chi connectivity index (χ4v) is 5.20. The topological polar surface area (TPSA) is 109 Å². The first-order chi connectivity index (χ1) is 27.8. The second kappa shape index (κ2) is 23.0. The van der Waals surface area contributed by atoms with Crippen molar-refractivity contribution in [3.8, 4) is 52.4 Å². The van der Waals surface area contributed by atoms with Crippen LogP contribution in [-0.2, 0) is 25.6 Å². The molecule has 2 aromatic heterocycles. The molecule has 1 aliphatic heterocycles. The Balaban J connectivity index is 1.08. The summed E-state index contributed by atoms with van der Waals surface area (Å²) in [5.74, 6) is 16.0. The van der Waals surface area contributed by atoms with Crippen molar-refractivity contribution in [3.63, 3.8) is 0 Å². The van der Waals surface area contributed by atoms with Crippen molar-refractivity contribution in [1.82, 2.24) is 9.97 Å². The molecule has 5 aromatic rings. The molecule has 0 fully saturated rings. The van der Waals surface area contributed by atoms with Gasteiger partial charge in [-0.15, -0.1) is 0 Å². The van der Waals surface area contributed by atoms with E-state index in [1.54, 1.807) is 24.8 Å². The van der Waals surface area contributed by atoms with Crippen LogP contribution in [0.1, 0.15) is 27.8 Å². The molecule has 0 radical (unpaired) electrons. The van der Waals surface area contributed by atoms with Crippen LogP contribution in [0.3, 0.4) is 0 Å². The summed E-state index contributed by atoms with van der Waals surface area (Å²) in [6.45, 7) is 4.95. The summed E-state index contributed by atoms with van der Waals surface area (Å²) in [6, 6.07) is 26.5. The van der Waals surface area contributed by atoms with Crippen LogP contribution in [0.25, 0.3) is 0 Å². The molecule has 11 nitrogen and oxygen atoms in total. The monoisotopic (exact) mass is 756 g/mol. The van der Waals surface area contributed by atoms with E-state index >= 15 is 0 Å². The van der Waals surface area contributed by atoms with Gasteiger partial charge in [-0.25, -0.2) is 0 Å². The lowest BCUT2D eigenvalue weighted by molar-refractivity contribution is 0.0223. The Morgan fingerprint density at radius 1 is 0.411 bits per heavy atom. The molecular weight excluding hydrogens is 712 g/mol. The lowest BCUT2D eigenvalue weighted by Gasteiger charge is -2.16. The van der Waals surface area contributed by atoms with Crippen molar-refractivity contribution < 1.29 is 42.6 Å². The predicted octanol–water partition coefficient (Wildman–Crippen LogP) is 6.15. The smallest absolute Gasteiger partial charge is 0.161 e. The molecule has 56 heavy (non-hydrogen) atoms. The third-order valence-electron chi connectivity index (χ3n) is 7.92. The van der Waals surface area contributed by atoms with Crippen LogP contribution < -0.4 is 23.7 Å². The quantitative estimate of drug-likeness (QED) is 0.198. The van der Waals surface area contributed by atoms with E-state index in [2.05, 4.69) is 33.6 Å². The zero-order valence-electron chi connectivity index (χ0n) is 31.2. The summed E-state index contributed by atoms with van der Waals surface area (Å²) in [5, 5.41) is 0. The van der Waals surface area contributed by atoms with Crippen LogP contribution in [0.5, 0.6) is 28.7 Å². The first kappa shape index (κ1) is 39.6. The highest BCUT2D eigenvalue weighted by atomic mass is 16.6. The minimum atomic E-state index is 0.270. The Morgan fingerprint density at radius 3 is 1.30 bits per heavy atom. The number of para-hydroxylation sites is 2. The van der Waals surface area contributed by atoms with Crippen LogP contribution in [0.2, 0.25) is 0 Å². The lowest BCUT2D eigenvalue weighted by atomic mass is 10.1. The third-order valence-corrected chi connectivity index (χ3v) is 7.92. The maximum Gasteiger partial charge on any atom is 0.161 e. The molecule has 6 rings (SSSR count). The highest BCUT2D eigenvalue weighted by molar-refractivity contribution is 5.52. The molecular formula is C45H44N2O9. The molecule has 0 amide bonds. The number of hydrogen-bond donors (Lipinski definition) is 0. The number of rotatable bonds is 3. The van der Waals surface area contributed by atoms with E-state index in [9.17, 15) is 0 Å². The van der Waals surface area contributed by atoms with Crippen LogP contribution >= 0.6 is 0 Å². The molecule has 0 spiro atoms. The summed E-state index contributed by atoms with van der Waals surface area (Å²) in [5.41, 5.74) is 4.15. The van der Waals surface area contributed by atoms with Gasteiger partial charge in [0.15, 0.2) is 23.0 Å². The number of ether oxygens (including phenoxy) is 9. The average molecular weight is 757 g/mol. The second-order valence-corrected chi connectivity index (χ2v) is 12.1. The molecule has 0 saturated heterocycles. The van der Waals surface area contributed by atoms with Crippen LogP contribution in [0.15, 0.2) is 110 Å². The summed E-state index contributed by atoms with van der Waals surface area (Å²) in [6.07, 6.45) is 6.87. The zero-order chi connectivity index (χ0) is 38.3. The number of hydrogen-bond acceptors (Lipinski definition) is 11. The van der Waals surface area contributed by atoms with Crippen LogP contribution in [0.4, 0.5) is 0 Å². The molecule has 0 aliphatic carbocycles. The number of aromatic nitrogens is 2. The largest absolute Gasteiger partial charge is 0.489 e. The van der Waals surface area contributed by atoms with Gasteiger partial charge in [0.2, 0.25) is 0 Å². The SMILES string of the molecule is C(#Cc1cc(C#Cc2ccncc2)cc(OCc2ccc3c(c2)OCCOCCOCCOc2ccccc2OCCOCCOCCO3)c1)c1ccncc1. The van der Waals surface area contributed by atoms with Gasteiger partial charge in [-0.05, 0) is 72.3 Å². The molecule has 0 N–H and O–H groups in total. The number of nitrogens with zero attached hydrogens (tertiary/aromatic N) is 2. The minimum Gasteiger partial charge on any atom is -0.489 e. The van der Waals surface area contributed by atoms with Crippen molar-refractivity contribution in [2.45, 2.75) is 6.61 Å². The Kier molecular flexibility index (Phi) is 16.3. The third kappa shape index (κ3) is 14.0. The van der Waals surface area contributed by atoms with Crippen molar-refractivity contribution >= 4 is 0 Å². The summed E-state index contributed by atoms with van der Waals surface area (Å²) < 4.78 is 53.1. The first-order valence-corrected chi connectivity index (χ1v) is 18.4. The van der Waals surface area contributed by atoms with Gasteiger partial charge in [0, 0.05) is 47.0 Å². The Bertz CT molecular complexity index is 1980. The molecule has 3 heterocycles. The van der Waals surface area contributed by atoms with Gasteiger partial charge < -0.3 is 42.6 Å². The van der Waals surface area contributed by atoms with Crippen molar-refractivity contribution in [2.24, 2.45) is 0 Å². The minimum absolute atomic E-state index is 0.270. The Morgan fingerprint density at radius 2 is 0.821 bits per heavy atom. The molecule has 1 aliphatic rings. The number of benzene rings is 3. The fraction of sp³-hybridized carbons (Fsp3) is 0.289. The Hall–Kier alpha value is -6.08. The summed E-state index contributed by atoms with van der Waals surface area (Å²) >= 11 is 0. The maximum atomic E-state index is 6.31. The second-order valence-electron chi connectivity index (χ2n) is 12.1. The van der Waals surface area contributed by atoms with Gasteiger partial charge in [0.25, 0.3) is 0 Å². The van der Waals surface area contributed by atoms with E-state index in [-0.39, 0.29) is 6.61 Å². The standard InChI is InChI=1S/C45H44N2O9/c1-2-4-43-42(3-1)52-27-23-48-19-20-50-25-29-54-44-10-9-40(34-45(44)55-30-26-51-22-21-49-24-28-53-43)35-56-41-32-38(7-5-36-11-15-46-16-12-36)31-39(33-41)8-6-37-13-17-47-18-14-37/h1-4,9-18,31-34H,19-30,35H2. The van der Waals surface area contributed by atoms with Crippen molar-refractivity contribution in [2.75, 3.05) is 79.3 Å². The number of fused-ring (bicyclic) bond motifs is 2.